The van der Waals surface area contributed by atoms with E-state index in [0.717, 1.165) is 31.1 Å². The number of carbonyl (C=O) groups is 1. The Bertz CT molecular complexity index is 382. The van der Waals surface area contributed by atoms with Crippen molar-refractivity contribution < 1.29 is 4.79 Å². The van der Waals surface area contributed by atoms with E-state index in [2.05, 4.69) is 53.7 Å². The third-order valence-corrected chi connectivity index (χ3v) is 3.86. The Morgan fingerprint density at radius 3 is 1.65 bits per heavy atom. The van der Waals surface area contributed by atoms with Gasteiger partial charge in [-0.3, -0.25) is 4.79 Å². The number of aryl methyl sites for hydroxylation is 1. The van der Waals surface area contributed by atoms with Crippen molar-refractivity contribution in [2.75, 3.05) is 0 Å². The molecule has 0 radical (unpaired) electrons. The minimum Gasteiger partial charge on any atom is -0.300 e. The first-order valence-corrected chi connectivity index (χ1v) is 9.36. The molecule has 0 unspecified atom stereocenters. The van der Waals surface area contributed by atoms with Crippen molar-refractivity contribution >= 4 is 5.78 Å². The molecule has 1 rings (SSSR count). The van der Waals surface area contributed by atoms with Gasteiger partial charge in [-0.2, -0.15) is 0 Å². The van der Waals surface area contributed by atoms with Crippen molar-refractivity contribution in [3.8, 4) is 0 Å². The molecule has 0 atom stereocenters. The topological polar surface area (TPSA) is 17.1 Å². The molecule has 1 nitrogen and oxygen atoms in total. The van der Waals surface area contributed by atoms with Crippen LogP contribution in [-0.2, 0) is 11.2 Å². The van der Waals surface area contributed by atoms with Crippen molar-refractivity contribution in [3.05, 3.63) is 35.9 Å². The molecule has 0 N–H and O–H groups in total. The van der Waals surface area contributed by atoms with Crippen LogP contribution in [0.2, 0.25) is 0 Å². The molecule has 1 aromatic rings. The van der Waals surface area contributed by atoms with Gasteiger partial charge in [-0.15, -0.1) is 0 Å². The molecule has 0 fully saturated rings. The van der Waals surface area contributed by atoms with Crippen LogP contribution in [0.3, 0.4) is 0 Å². The van der Waals surface area contributed by atoms with Crippen LogP contribution in [0.1, 0.15) is 79.2 Å². The Morgan fingerprint density at radius 2 is 1.22 bits per heavy atom. The van der Waals surface area contributed by atoms with Crippen LogP contribution in [0, 0.1) is 17.8 Å². The van der Waals surface area contributed by atoms with E-state index in [1.165, 1.54) is 18.4 Å². The molecule has 0 saturated heterocycles. The van der Waals surface area contributed by atoms with Gasteiger partial charge in [0, 0.05) is 12.8 Å². The number of benzene rings is 1. The molecule has 0 saturated carbocycles. The molecule has 0 spiro atoms. The number of ketones is 1. The molecule has 0 amide bonds. The summed E-state index contributed by atoms with van der Waals surface area (Å²) in [6.07, 6.45) is 6.11. The number of hydrogen-bond donors (Lipinski definition) is 0. The van der Waals surface area contributed by atoms with Gasteiger partial charge in [-0.25, -0.2) is 0 Å². The largest absolute Gasteiger partial charge is 0.300 e. The van der Waals surface area contributed by atoms with Crippen molar-refractivity contribution in [2.45, 2.75) is 80.1 Å². The number of carbonyl (C=O) groups excluding carboxylic acids is 1. The summed E-state index contributed by atoms with van der Waals surface area (Å²) < 4.78 is 0. The van der Waals surface area contributed by atoms with Crippen molar-refractivity contribution in [2.24, 2.45) is 17.8 Å². The quantitative estimate of drug-likeness (QED) is 0.495. The van der Waals surface area contributed by atoms with Gasteiger partial charge in [0.25, 0.3) is 0 Å². The standard InChI is InChI=1S/C14H20O.C8H18/c1-12(2)8-10-14(15)11-9-13-6-4-3-5-7-13;1-7(2)5-6-8(3)4/h3-7,12H,8-11H2,1-2H3;7-8H,5-6H2,1-4H3. The van der Waals surface area contributed by atoms with E-state index in [9.17, 15) is 4.79 Å². The molecule has 1 heteroatoms. The zero-order valence-corrected chi connectivity index (χ0v) is 16.3. The molecule has 23 heavy (non-hydrogen) atoms. The monoisotopic (exact) mass is 318 g/mol. The first kappa shape index (κ1) is 21.9. The predicted molar refractivity (Wildman–Crippen MR) is 103 cm³/mol. The normalized spacial score (nSPS) is 10.8. The van der Waals surface area contributed by atoms with Gasteiger partial charge < -0.3 is 0 Å². The molecule has 132 valence electrons. The number of hydrogen-bond acceptors (Lipinski definition) is 1. The van der Waals surface area contributed by atoms with E-state index in [-0.39, 0.29) is 0 Å². The van der Waals surface area contributed by atoms with Gasteiger partial charge in [-0.1, -0.05) is 84.7 Å². The minimum absolute atomic E-state index is 0.396. The Balaban J connectivity index is 0.000000515. The summed E-state index contributed by atoms with van der Waals surface area (Å²) >= 11 is 0. The average Bonchev–Trinajstić information content (AvgIpc) is 2.50. The second-order valence-electron chi connectivity index (χ2n) is 7.82. The highest BCUT2D eigenvalue weighted by Crippen LogP contribution is 2.10. The summed E-state index contributed by atoms with van der Waals surface area (Å²) in [6, 6.07) is 10.2. The van der Waals surface area contributed by atoms with Crippen molar-refractivity contribution in [1.82, 2.24) is 0 Å². The lowest BCUT2D eigenvalue weighted by molar-refractivity contribution is -0.119. The molecule has 0 heterocycles. The fourth-order valence-electron chi connectivity index (χ4n) is 2.17. The zero-order valence-electron chi connectivity index (χ0n) is 16.3. The summed E-state index contributed by atoms with van der Waals surface area (Å²) in [5.41, 5.74) is 1.26. The Hall–Kier alpha value is -1.11. The van der Waals surface area contributed by atoms with Crippen LogP contribution in [-0.4, -0.2) is 5.78 Å². The highest BCUT2D eigenvalue weighted by atomic mass is 16.1. The molecule has 0 aliphatic heterocycles. The van der Waals surface area contributed by atoms with Crippen molar-refractivity contribution in [3.63, 3.8) is 0 Å². The molecule has 0 aromatic heterocycles. The summed E-state index contributed by atoms with van der Waals surface area (Å²) in [7, 11) is 0. The molecule has 0 bridgehead atoms. The lowest BCUT2D eigenvalue weighted by Gasteiger charge is -2.05. The highest BCUT2D eigenvalue weighted by molar-refractivity contribution is 5.78. The van der Waals surface area contributed by atoms with E-state index in [1.807, 2.05) is 18.2 Å². The predicted octanol–water partition coefficient (Wildman–Crippen LogP) is 6.70. The summed E-state index contributed by atoms with van der Waals surface area (Å²) in [5, 5.41) is 0. The molecule has 0 aliphatic carbocycles. The Morgan fingerprint density at radius 1 is 0.739 bits per heavy atom. The van der Waals surface area contributed by atoms with Crippen LogP contribution in [0.15, 0.2) is 30.3 Å². The van der Waals surface area contributed by atoms with Crippen LogP contribution >= 0.6 is 0 Å². The van der Waals surface area contributed by atoms with E-state index >= 15 is 0 Å². The molecular formula is C22H38O. The van der Waals surface area contributed by atoms with Gasteiger partial charge in [0.15, 0.2) is 0 Å². The lowest BCUT2D eigenvalue weighted by Crippen LogP contribution is -2.02. The first-order chi connectivity index (χ1) is 10.8. The summed E-state index contributed by atoms with van der Waals surface area (Å²) in [4.78, 5) is 11.5. The maximum Gasteiger partial charge on any atom is 0.133 e. The molecular weight excluding hydrogens is 280 g/mol. The fourth-order valence-corrected chi connectivity index (χ4v) is 2.17. The maximum atomic E-state index is 11.5. The van der Waals surface area contributed by atoms with Gasteiger partial charge in [0.2, 0.25) is 0 Å². The Kier molecular flexibility index (Phi) is 12.7. The highest BCUT2D eigenvalue weighted by Gasteiger charge is 2.04. The van der Waals surface area contributed by atoms with Gasteiger partial charge >= 0.3 is 0 Å². The second-order valence-corrected chi connectivity index (χ2v) is 7.82. The SMILES string of the molecule is CC(C)CCC(=O)CCc1ccccc1.CC(C)CCC(C)C. The molecule has 0 aliphatic rings. The smallest absolute Gasteiger partial charge is 0.133 e. The number of Topliss-reactive ketones (excluding diaryl/α,β-unsaturated/α-hetero) is 1. The molecule has 1 aromatic carbocycles. The average molecular weight is 319 g/mol. The van der Waals surface area contributed by atoms with Crippen LogP contribution in [0.25, 0.3) is 0 Å². The van der Waals surface area contributed by atoms with Gasteiger partial charge in [-0.05, 0) is 36.2 Å². The lowest BCUT2D eigenvalue weighted by atomic mass is 10.0. The van der Waals surface area contributed by atoms with E-state index in [0.29, 0.717) is 18.1 Å². The van der Waals surface area contributed by atoms with Crippen molar-refractivity contribution in [1.29, 1.82) is 0 Å². The fraction of sp³-hybridized carbons (Fsp3) is 0.682. The van der Waals surface area contributed by atoms with Gasteiger partial charge in [0.1, 0.15) is 5.78 Å². The summed E-state index contributed by atoms with van der Waals surface area (Å²) in [6.45, 7) is 13.4. The summed E-state index contributed by atoms with van der Waals surface area (Å²) in [5.74, 6) is 2.80. The van der Waals surface area contributed by atoms with E-state index in [1.54, 1.807) is 0 Å². The van der Waals surface area contributed by atoms with Gasteiger partial charge in [0.05, 0.1) is 0 Å². The van der Waals surface area contributed by atoms with E-state index < -0.39 is 0 Å². The third-order valence-electron chi connectivity index (χ3n) is 3.86. The minimum atomic E-state index is 0.396. The van der Waals surface area contributed by atoms with Crippen LogP contribution < -0.4 is 0 Å². The third kappa shape index (κ3) is 15.6. The second kappa shape index (κ2) is 13.3. The van der Waals surface area contributed by atoms with E-state index in [4.69, 9.17) is 0 Å². The maximum absolute atomic E-state index is 11.5. The Labute approximate surface area is 144 Å². The van der Waals surface area contributed by atoms with Crippen LogP contribution in [0.5, 0.6) is 0 Å². The number of rotatable bonds is 9. The van der Waals surface area contributed by atoms with Crippen LogP contribution in [0.4, 0.5) is 0 Å². The first-order valence-electron chi connectivity index (χ1n) is 9.36. The zero-order chi connectivity index (χ0) is 17.7.